The first-order valence-corrected chi connectivity index (χ1v) is 10.2. The van der Waals surface area contributed by atoms with Crippen LogP contribution >= 0.6 is 0 Å². The second kappa shape index (κ2) is 6.91. The quantitative estimate of drug-likeness (QED) is 0.533. The van der Waals surface area contributed by atoms with E-state index in [0.29, 0.717) is 33.9 Å². The lowest BCUT2D eigenvalue weighted by Crippen LogP contribution is -2.39. The number of fused-ring (bicyclic) bond motifs is 2. The molecule has 154 valence electrons. The van der Waals surface area contributed by atoms with E-state index < -0.39 is 0 Å². The van der Waals surface area contributed by atoms with Crippen LogP contribution in [0.1, 0.15) is 31.4 Å². The zero-order valence-electron chi connectivity index (χ0n) is 17.3. The van der Waals surface area contributed by atoms with E-state index in [4.69, 9.17) is 0 Å². The van der Waals surface area contributed by atoms with Gasteiger partial charge in [-0.25, -0.2) is 9.97 Å². The van der Waals surface area contributed by atoms with Crippen molar-refractivity contribution < 1.29 is 5.11 Å². The first kappa shape index (κ1) is 18.7. The van der Waals surface area contributed by atoms with Gasteiger partial charge >= 0.3 is 0 Å². The Labute approximate surface area is 173 Å². The molecule has 4 aromatic rings. The van der Waals surface area contributed by atoms with E-state index in [1.54, 1.807) is 10.9 Å². The molecule has 8 nitrogen and oxygen atoms in total. The number of pyridine rings is 1. The third-order valence-electron chi connectivity index (χ3n) is 6.03. The summed E-state index contributed by atoms with van der Waals surface area (Å²) in [5, 5.41) is 19.9. The van der Waals surface area contributed by atoms with Crippen molar-refractivity contribution >= 4 is 21.8 Å². The van der Waals surface area contributed by atoms with E-state index in [-0.39, 0.29) is 17.4 Å². The van der Waals surface area contributed by atoms with Gasteiger partial charge in [0.1, 0.15) is 5.75 Å². The first-order valence-electron chi connectivity index (χ1n) is 10.2. The van der Waals surface area contributed by atoms with Gasteiger partial charge in [0.05, 0.1) is 22.0 Å². The molecule has 2 N–H and O–H groups in total. The maximum absolute atomic E-state index is 13.1. The number of aromatic nitrogens is 5. The summed E-state index contributed by atoms with van der Waals surface area (Å²) in [6, 6.07) is 4.26. The zero-order valence-corrected chi connectivity index (χ0v) is 17.3. The van der Waals surface area contributed by atoms with Gasteiger partial charge < -0.3 is 15.0 Å². The van der Waals surface area contributed by atoms with Crippen LogP contribution < -0.4 is 10.9 Å². The highest BCUT2D eigenvalue weighted by Crippen LogP contribution is 2.35. The molecule has 8 heteroatoms. The van der Waals surface area contributed by atoms with E-state index in [9.17, 15) is 9.90 Å². The molecule has 1 aromatic carbocycles. The standard InChI is InChI=1S/C22H24N6O2/c1-12-8-15(4-6-23-12)28-7-5-18-17(22(28)30)10-24-21(25-18)16-9-14-11-27(3)26-19(14)13(2)20(16)29/h5,7,9-12,15,23,29H,4,6,8H2,1-3H3/t12?,15-/m1/s1. The van der Waals surface area contributed by atoms with Gasteiger partial charge in [-0.1, -0.05) is 0 Å². The van der Waals surface area contributed by atoms with Crippen molar-refractivity contribution in [2.75, 3.05) is 6.54 Å². The third-order valence-corrected chi connectivity index (χ3v) is 6.03. The summed E-state index contributed by atoms with van der Waals surface area (Å²) >= 11 is 0. The number of aryl methyl sites for hydroxylation is 2. The summed E-state index contributed by atoms with van der Waals surface area (Å²) < 4.78 is 3.53. The highest BCUT2D eigenvalue weighted by Gasteiger charge is 2.22. The minimum Gasteiger partial charge on any atom is -0.507 e. The Kier molecular flexibility index (Phi) is 4.32. The lowest BCUT2D eigenvalue weighted by Gasteiger charge is -2.29. The van der Waals surface area contributed by atoms with Gasteiger partial charge in [-0.2, -0.15) is 5.10 Å². The summed E-state index contributed by atoms with van der Waals surface area (Å²) in [5.41, 5.74) is 2.47. The van der Waals surface area contributed by atoms with Crippen LogP contribution in [0.15, 0.2) is 35.5 Å². The number of nitrogens with zero attached hydrogens (tertiary/aromatic N) is 5. The number of hydrogen-bond acceptors (Lipinski definition) is 6. The molecule has 2 atom stereocenters. The van der Waals surface area contributed by atoms with E-state index >= 15 is 0 Å². The molecule has 0 aliphatic carbocycles. The molecule has 1 aliphatic heterocycles. The van der Waals surface area contributed by atoms with Crippen molar-refractivity contribution in [1.29, 1.82) is 0 Å². The Morgan fingerprint density at radius 2 is 2.17 bits per heavy atom. The number of phenolic OH excluding ortho intramolecular Hbond substituents is 1. The highest BCUT2D eigenvalue weighted by atomic mass is 16.3. The van der Waals surface area contributed by atoms with Gasteiger partial charge in [-0.15, -0.1) is 0 Å². The van der Waals surface area contributed by atoms with Crippen molar-refractivity contribution in [2.24, 2.45) is 7.05 Å². The second-order valence-corrected chi connectivity index (χ2v) is 8.19. The lowest BCUT2D eigenvalue weighted by molar-refractivity contribution is 0.309. The summed E-state index contributed by atoms with van der Waals surface area (Å²) in [5.74, 6) is 0.499. The minimum absolute atomic E-state index is 0.0683. The van der Waals surface area contributed by atoms with Gasteiger partial charge in [0.25, 0.3) is 5.56 Å². The fourth-order valence-corrected chi connectivity index (χ4v) is 4.43. The van der Waals surface area contributed by atoms with Crippen LogP contribution in [0.3, 0.4) is 0 Å². The van der Waals surface area contributed by atoms with Crippen molar-refractivity contribution in [3.63, 3.8) is 0 Å². The SMILES string of the molecule is Cc1c(O)c(-c2ncc3c(=O)n([C@@H]4CCNC(C)C4)ccc3n2)cc2cn(C)nc12. The van der Waals surface area contributed by atoms with Gasteiger partial charge in [0.2, 0.25) is 0 Å². The molecule has 0 saturated carbocycles. The number of hydrogen-bond donors (Lipinski definition) is 2. The molecule has 0 radical (unpaired) electrons. The monoisotopic (exact) mass is 404 g/mol. The molecule has 4 heterocycles. The van der Waals surface area contributed by atoms with Crippen LogP contribution in [0, 0.1) is 6.92 Å². The molecule has 0 bridgehead atoms. The topological polar surface area (TPSA) is 97.9 Å². The molecule has 1 unspecified atom stereocenters. The predicted molar refractivity (Wildman–Crippen MR) is 116 cm³/mol. The third kappa shape index (κ3) is 2.95. The first-order chi connectivity index (χ1) is 14.4. The van der Waals surface area contributed by atoms with Crippen LogP contribution in [0.5, 0.6) is 5.75 Å². The van der Waals surface area contributed by atoms with Crippen LogP contribution in [-0.2, 0) is 7.05 Å². The Balaban J connectivity index is 1.61. The molecule has 1 aliphatic rings. The maximum atomic E-state index is 13.1. The average molecular weight is 404 g/mol. The molecule has 0 spiro atoms. The second-order valence-electron chi connectivity index (χ2n) is 8.19. The Morgan fingerprint density at radius 1 is 1.33 bits per heavy atom. The molecule has 1 fully saturated rings. The van der Waals surface area contributed by atoms with Crippen LogP contribution in [-0.4, -0.2) is 42.0 Å². The fraction of sp³-hybridized carbons (Fsp3) is 0.364. The molecule has 3 aromatic heterocycles. The minimum atomic E-state index is -0.0683. The Morgan fingerprint density at radius 3 is 2.97 bits per heavy atom. The smallest absolute Gasteiger partial charge is 0.261 e. The number of aromatic hydroxyl groups is 1. The molecule has 30 heavy (non-hydrogen) atoms. The largest absolute Gasteiger partial charge is 0.507 e. The lowest BCUT2D eigenvalue weighted by atomic mass is 10.00. The van der Waals surface area contributed by atoms with Crippen molar-refractivity contribution in [3.8, 4) is 17.1 Å². The van der Waals surface area contributed by atoms with E-state index in [2.05, 4.69) is 27.3 Å². The van der Waals surface area contributed by atoms with Crippen LogP contribution in [0.2, 0.25) is 0 Å². The summed E-state index contributed by atoms with van der Waals surface area (Å²) in [4.78, 5) is 22.1. The maximum Gasteiger partial charge on any atom is 0.261 e. The van der Waals surface area contributed by atoms with E-state index in [1.165, 1.54) is 0 Å². The number of phenols is 1. The highest BCUT2D eigenvalue weighted by molar-refractivity contribution is 5.90. The summed E-state index contributed by atoms with van der Waals surface area (Å²) in [6.45, 7) is 4.87. The summed E-state index contributed by atoms with van der Waals surface area (Å²) in [7, 11) is 1.84. The van der Waals surface area contributed by atoms with E-state index in [1.807, 2.05) is 43.1 Å². The van der Waals surface area contributed by atoms with Crippen LogP contribution in [0.4, 0.5) is 0 Å². The molecular weight excluding hydrogens is 380 g/mol. The normalized spacial score (nSPS) is 19.6. The molecular formula is C22H24N6O2. The number of benzene rings is 1. The van der Waals surface area contributed by atoms with Gasteiger partial charge in [-0.05, 0) is 45.4 Å². The molecule has 1 saturated heterocycles. The predicted octanol–water partition coefficient (Wildman–Crippen LogP) is 2.67. The fourth-order valence-electron chi connectivity index (χ4n) is 4.43. The van der Waals surface area contributed by atoms with Gasteiger partial charge in [-0.3, -0.25) is 9.48 Å². The van der Waals surface area contributed by atoms with Crippen molar-refractivity contribution in [3.05, 3.63) is 46.6 Å². The number of piperidine rings is 1. The van der Waals surface area contributed by atoms with Gasteiger partial charge in [0.15, 0.2) is 5.82 Å². The van der Waals surface area contributed by atoms with Crippen molar-refractivity contribution in [2.45, 2.75) is 38.8 Å². The summed E-state index contributed by atoms with van der Waals surface area (Å²) in [6.07, 6.45) is 7.14. The van der Waals surface area contributed by atoms with Crippen molar-refractivity contribution in [1.82, 2.24) is 29.6 Å². The number of nitrogens with one attached hydrogen (secondary N) is 1. The van der Waals surface area contributed by atoms with Crippen LogP contribution in [0.25, 0.3) is 33.2 Å². The van der Waals surface area contributed by atoms with Gasteiger partial charge in [0, 0.05) is 48.7 Å². The van der Waals surface area contributed by atoms with E-state index in [0.717, 1.165) is 30.3 Å². The zero-order chi connectivity index (χ0) is 21.0. The average Bonchev–Trinajstić information content (AvgIpc) is 3.11. The molecule has 5 rings (SSSR count). The molecule has 0 amide bonds. The Bertz CT molecular complexity index is 1340. The number of rotatable bonds is 2. The Hall–Kier alpha value is -3.26.